The summed E-state index contributed by atoms with van der Waals surface area (Å²) in [6.07, 6.45) is 0. The lowest BCUT2D eigenvalue weighted by Gasteiger charge is -2.14. The zero-order valence-corrected chi connectivity index (χ0v) is 28.0. The number of para-hydroxylation sites is 3. The minimum atomic E-state index is 0.647. The van der Waals surface area contributed by atoms with Gasteiger partial charge < -0.3 is 0 Å². The van der Waals surface area contributed by atoms with Crippen LogP contribution in [-0.4, -0.2) is 23.9 Å². The largest absolute Gasteiger partial charge is 0.291 e. The summed E-state index contributed by atoms with van der Waals surface area (Å²) >= 11 is 0. The number of benzene rings is 7. The molecule has 0 aliphatic carbocycles. The molecule has 0 amide bonds. The van der Waals surface area contributed by atoms with E-state index in [1.54, 1.807) is 0 Å². The number of fused-ring (bicyclic) bond motifs is 11. The van der Waals surface area contributed by atoms with E-state index in [9.17, 15) is 0 Å². The van der Waals surface area contributed by atoms with Gasteiger partial charge in [0.25, 0.3) is 0 Å². The van der Waals surface area contributed by atoms with Crippen molar-refractivity contribution in [2.75, 3.05) is 0 Å². The Balaban J connectivity index is 1.32. The van der Waals surface area contributed by atoms with Gasteiger partial charge in [0, 0.05) is 49.0 Å². The highest BCUT2D eigenvalue weighted by atomic mass is 15.2. The van der Waals surface area contributed by atoms with Gasteiger partial charge in [-0.1, -0.05) is 152 Å². The van der Waals surface area contributed by atoms with Gasteiger partial charge >= 0.3 is 0 Å². The van der Waals surface area contributed by atoms with E-state index < -0.39 is 0 Å². The van der Waals surface area contributed by atoms with Crippen LogP contribution in [0.3, 0.4) is 0 Å². The highest BCUT2D eigenvalue weighted by Gasteiger charge is 2.24. The first-order chi connectivity index (χ1) is 25.8. The van der Waals surface area contributed by atoms with Gasteiger partial charge in [0.15, 0.2) is 0 Å². The molecule has 0 N–H and O–H groups in total. The van der Waals surface area contributed by atoms with E-state index in [1.165, 1.54) is 10.8 Å². The molecule has 0 aliphatic rings. The molecule has 11 rings (SSSR count). The van der Waals surface area contributed by atoms with Gasteiger partial charge in [-0.2, -0.15) is 0 Å². The van der Waals surface area contributed by atoms with E-state index in [0.717, 1.165) is 83.0 Å². The van der Waals surface area contributed by atoms with Gasteiger partial charge in [0.2, 0.25) is 5.95 Å². The molecule has 242 valence electrons. The SMILES string of the molecule is c1ccc(-c2nc(-n3c4ccccc4c4c5c6ccccc6n6c(-c7ccccc7)nc(-c7ccccc7)c6c5ccc43)nc3ccccc23)cc1. The van der Waals surface area contributed by atoms with Crippen LogP contribution in [0.2, 0.25) is 0 Å². The summed E-state index contributed by atoms with van der Waals surface area (Å²) in [4.78, 5) is 16.0. The van der Waals surface area contributed by atoms with Crippen LogP contribution in [0.4, 0.5) is 0 Å². The summed E-state index contributed by atoms with van der Waals surface area (Å²) in [5, 5.41) is 6.85. The highest BCUT2D eigenvalue weighted by Crippen LogP contribution is 2.44. The fraction of sp³-hybridized carbons (Fsp3) is 0. The maximum atomic E-state index is 5.43. The third-order valence-electron chi connectivity index (χ3n) is 10.3. The van der Waals surface area contributed by atoms with Crippen LogP contribution in [0, 0.1) is 0 Å². The Bertz CT molecular complexity index is 3160. The van der Waals surface area contributed by atoms with Crippen LogP contribution >= 0.6 is 0 Å². The summed E-state index contributed by atoms with van der Waals surface area (Å²) < 4.78 is 4.60. The van der Waals surface area contributed by atoms with E-state index in [1.807, 2.05) is 12.1 Å². The molecule has 5 nitrogen and oxygen atoms in total. The van der Waals surface area contributed by atoms with Crippen LogP contribution in [0.5, 0.6) is 0 Å². The quantitative estimate of drug-likeness (QED) is 0.176. The lowest BCUT2D eigenvalue weighted by molar-refractivity contribution is 1.01. The fourth-order valence-corrected chi connectivity index (χ4v) is 8.09. The topological polar surface area (TPSA) is 48.0 Å². The number of hydrogen-bond donors (Lipinski definition) is 0. The van der Waals surface area contributed by atoms with Crippen molar-refractivity contribution >= 4 is 59.9 Å². The average Bonchev–Trinajstić information content (AvgIpc) is 3.79. The number of aromatic nitrogens is 5. The zero-order chi connectivity index (χ0) is 34.2. The second-order valence-corrected chi connectivity index (χ2v) is 13.2. The van der Waals surface area contributed by atoms with Crippen molar-refractivity contribution in [2.45, 2.75) is 0 Å². The molecule has 4 aromatic heterocycles. The van der Waals surface area contributed by atoms with E-state index in [-0.39, 0.29) is 0 Å². The first-order valence-corrected chi connectivity index (χ1v) is 17.6. The van der Waals surface area contributed by atoms with E-state index >= 15 is 0 Å². The standard InChI is InChI=1S/C47H29N5/c1-4-16-30(17-5-1)43-33-22-10-13-25-37(33)48-47(50-43)51-38-26-14-12-24-35(38)42-40(51)29-28-36-41(42)34-23-11-15-27-39(34)52-45(36)44(31-18-6-2-7-19-31)49-46(52)32-20-8-3-9-21-32/h1-29H. The van der Waals surface area contributed by atoms with Gasteiger partial charge in [-0.3, -0.25) is 8.97 Å². The molecule has 0 aliphatic heterocycles. The summed E-state index contributed by atoms with van der Waals surface area (Å²) in [6, 6.07) is 61.7. The number of imidazole rings is 1. The molecule has 0 saturated heterocycles. The smallest absolute Gasteiger partial charge is 0.235 e. The normalized spacial score (nSPS) is 11.8. The van der Waals surface area contributed by atoms with Crippen LogP contribution in [-0.2, 0) is 0 Å². The molecular formula is C47H29N5. The fourth-order valence-electron chi connectivity index (χ4n) is 8.09. The summed E-state index contributed by atoms with van der Waals surface area (Å²) in [6.45, 7) is 0. The van der Waals surface area contributed by atoms with Gasteiger partial charge in [0.1, 0.15) is 5.82 Å². The van der Waals surface area contributed by atoms with E-state index in [2.05, 4.69) is 173 Å². The van der Waals surface area contributed by atoms with Gasteiger partial charge in [-0.25, -0.2) is 15.0 Å². The van der Waals surface area contributed by atoms with Crippen molar-refractivity contribution in [1.82, 2.24) is 23.9 Å². The maximum Gasteiger partial charge on any atom is 0.235 e. The van der Waals surface area contributed by atoms with Crippen molar-refractivity contribution in [1.29, 1.82) is 0 Å². The molecule has 52 heavy (non-hydrogen) atoms. The number of rotatable bonds is 4. The second kappa shape index (κ2) is 11.2. The first kappa shape index (κ1) is 28.7. The number of pyridine rings is 1. The minimum absolute atomic E-state index is 0.647. The lowest BCUT2D eigenvalue weighted by atomic mass is 9.97. The third kappa shape index (κ3) is 4.14. The molecule has 4 heterocycles. The van der Waals surface area contributed by atoms with Crippen molar-refractivity contribution in [3.05, 3.63) is 176 Å². The lowest BCUT2D eigenvalue weighted by Crippen LogP contribution is -2.03. The van der Waals surface area contributed by atoms with Gasteiger partial charge in [0.05, 0.1) is 39.0 Å². The number of hydrogen-bond acceptors (Lipinski definition) is 3. The molecule has 7 aromatic carbocycles. The second-order valence-electron chi connectivity index (χ2n) is 13.2. The van der Waals surface area contributed by atoms with Crippen LogP contribution in [0.15, 0.2) is 176 Å². The van der Waals surface area contributed by atoms with Crippen molar-refractivity contribution in [3.8, 4) is 39.9 Å². The average molecular weight is 664 g/mol. The van der Waals surface area contributed by atoms with Crippen molar-refractivity contribution < 1.29 is 0 Å². The predicted octanol–water partition coefficient (Wildman–Crippen LogP) is 11.7. The monoisotopic (exact) mass is 663 g/mol. The van der Waals surface area contributed by atoms with Crippen molar-refractivity contribution in [3.63, 3.8) is 0 Å². The molecule has 0 saturated carbocycles. The Morgan fingerprint density at radius 2 is 0.904 bits per heavy atom. The highest BCUT2D eigenvalue weighted by molar-refractivity contribution is 6.31. The molecule has 11 aromatic rings. The Labute approximate surface area is 298 Å². The third-order valence-corrected chi connectivity index (χ3v) is 10.3. The molecular weight excluding hydrogens is 635 g/mol. The maximum absolute atomic E-state index is 5.43. The minimum Gasteiger partial charge on any atom is -0.291 e. The molecule has 0 bridgehead atoms. The Kier molecular flexibility index (Phi) is 6.18. The zero-order valence-electron chi connectivity index (χ0n) is 28.0. The molecule has 0 unspecified atom stereocenters. The summed E-state index contributed by atoms with van der Waals surface area (Å²) in [7, 11) is 0. The first-order valence-electron chi connectivity index (χ1n) is 17.6. The number of nitrogens with zero attached hydrogens (tertiary/aromatic N) is 5. The predicted molar refractivity (Wildman–Crippen MR) is 214 cm³/mol. The Hall–Kier alpha value is -7.11. The molecule has 0 fully saturated rings. The molecule has 5 heteroatoms. The van der Waals surface area contributed by atoms with Crippen molar-refractivity contribution in [2.24, 2.45) is 0 Å². The summed E-state index contributed by atoms with van der Waals surface area (Å²) in [5.74, 6) is 1.57. The molecule has 0 atom stereocenters. The molecule has 0 spiro atoms. The van der Waals surface area contributed by atoms with Crippen LogP contribution < -0.4 is 0 Å². The molecule has 0 radical (unpaired) electrons. The van der Waals surface area contributed by atoms with Gasteiger partial charge in [-0.05, 0) is 24.3 Å². The Morgan fingerprint density at radius 3 is 1.62 bits per heavy atom. The van der Waals surface area contributed by atoms with E-state index in [4.69, 9.17) is 15.0 Å². The van der Waals surface area contributed by atoms with Gasteiger partial charge in [-0.15, -0.1) is 0 Å². The van der Waals surface area contributed by atoms with E-state index in [0.29, 0.717) is 5.95 Å². The Morgan fingerprint density at radius 1 is 0.346 bits per heavy atom. The summed E-state index contributed by atoms with van der Waals surface area (Å²) in [5.41, 5.74) is 10.3. The van der Waals surface area contributed by atoms with Crippen LogP contribution in [0.25, 0.3) is 99.8 Å². The van der Waals surface area contributed by atoms with Crippen LogP contribution in [0.1, 0.15) is 0 Å².